The summed E-state index contributed by atoms with van der Waals surface area (Å²) < 4.78 is 16.5. The molecule has 0 saturated carbocycles. The van der Waals surface area contributed by atoms with E-state index >= 15 is 0 Å². The molecule has 0 radical (unpaired) electrons. The number of nitrogens with zero attached hydrogens (tertiary/aromatic N) is 2. The molecule has 7 heteroatoms. The normalized spacial score (nSPS) is 14.0. The Kier molecular flexibility index (Phi) is 7.94. The molecular weight excluding hydrogens is 384 g/mol. The Labute approximate surface area is 177 Å². The van der Waals surface area contributed by atoms with Gasteiger partial charge < -0.3 is 24.0 Å². The molecule has 1 aliphatic heterocycles. The molecule has 1 fully saturated rings. The minimum absolute atomic E-state index is 0.0468. The highest BCUT2D eigenvalue weighted by Crippen LogP contribution is 2.25. The summed E-state index contributed by atoms with van der Waals surface area (Å²) in [7, 11) is 1.56. The van der Waals surface area contributed by atoms with Gasteiger partial charge in [-0.25, -0.2) is 0 Å². The van der Waals surface area contributed by atoms with E-state index in [1.165, 1.54) is 0 Å². The number of rotatable bonds is 8. The average Bonchev–Trinajstić information content (AvgIpc) is 3.05. The molecule has 0 N–H and O–H groups in total. The Morgan fingerprint density at radius 1 is 0.800 bits per heavy atom. The van der Waals surface area contributed by atoms with Crippen LogP contribution in [-0.2, 0) is 9.59 Å². The van der Waals surface area contributed by atoms with Crippen molar-refractivity contribution in [2.75, 3.05) is 46.5 Å². The smallest absolute Gasteiger partial charge is 0.260 e. The quantitative estimate of drug-likeness (QED) is 0.667. The molecule has 0 unspecified atom stereocenters. The summed E-state index contributed by atoms with van der Waals surface area (Å²) in [5.41, 5.74) is 0. The molecule has 7 nitrogen and oxygen atoms in total. The van der Waals surface area contributed by atoms with Crippen molar-refractivity contribution >= 4 is 11.8 Å². The first-order chi connectivity index (χ1) is 14.7. The van der Waals surface area contributed by atoms with Gasteiger partial charge in [-0.15, -0.1) is 0 Å². The largest absolute Gasteiger partial charge is 0.493 e. The molecule has 2 amide bonds. The summed E-state index contributed by atoms with van der Waals surface area (Å²) in [4.78, 5) is 28.6. The topological polar surface area (TPSA) is 68.3 Å². The molecule has 30 heavy (non-hydrogen) atoms. The van der Waals surface area contributed by atoms with E-state index < -0.39 is 0 Å². The minimum atomic E-state index is -0.0948. The first kappa shape index (κ1) is 21.5. The van der Waals surface area contributed by atoms with E-state index in [2.05, 4.69) is 0 Å². The second kappa shape index (κ2) is 11.1. The zero-order chi connectivity index (χ0) is 21.2. The highest BCUT2D eigenvalue weighted by molar-refractivity contribution is 5.79. The molecule has 1 saturated heterocycles. The van der Waals surface area contributed by atoms with Crippen LogP contribution in [0.3, 0.4) is 0 Å². The molecule has 3 rings (SSSR count). The van der Waals surface area contributed by atoms with Crippen LogP contribution in [0.25, 0.3) is 0 Å². The van der Waals surface area contributed by atoms with Crippen molar-refractivity contribution in [3.05, 3.63) is 54.6 Å². The maximum absolute atomic E-state index is 12.6. The van der Waals surface area contributed by atoms with Crippen molar-refractivity contribution in [2.45, 2.75) is 12.8 Å². The maximum Gasteiger partial charge on any atom is 0.260 e. The number of ether oxygens (including phenoxy) is 3. The van der Waals surface area contributed by atoms with Gasteiger partial charge in [-0.05, 0) is 30.7 Å². The van der Waals surface area contributed by atoms with E-state index in [1.54, 1.807) is 24.1 Å². The molecule has 0 spiro atoms. The number of carbonyl (C=O) groups is 2. The second-order valence-electron chi connectivity index (χ2n) is 6.97. The summed E-state index contributed by atoms with van der Waals surface area (Å²) in [5, 5.41) is 0. The molecule has 1 heterocycles. The molecule has 0 bridgehead atoms. The van der Waals surface area contributed by atoms with Gasteiger partial charge in [0.05, 0.1) is 20.1 Å². The van der Waals surface area contributed by atoms with Gasteiger partial charge in [0.2, 0.25) is 5.91 Å². The van der Waals surface area contributed by atoms with Gasteiger partial charge >= 0.3 is 0 Å². The number of carbonyl (C=O) groups excluding carboxylic acids is 2. The van der Waals surface area contributed by atoms with E-state index in [1.807, 2.05) is 47.4 Å². The van der Waals surface area contributed by atoms with E-state index in [0.29, 0.717) is 50.7 Å². The van der Waals surface area contributed by atoms with Crippen molar-refractivity contribution in [2.24, 2.45) is 0 Å². The van der Waals surface area contributed by atoms with Gasteiger partial charge in [0.15, 0.2) is 18.1 Å². The van der Waals surface area contributed by atoms with Crippen LogP contribution >= 0.6 is 0 Å². The number of hydrogen-bond donors (Lipinski definition) is 0. The molecular formula is C23H28N2O5. The van der Waals surface area contributed by atoms with Crippen LogP contribution in [0.2, 0.25) is 0 Å². The van der Waals surface area contributed by atoms with Crippen molar-refractivity contribution in [3.8, 4) is 17.2 Å². The van der Waals surface area contributed by atoms with Gasteiger partial charge in [-0.1, -0.05) is 30.3 Å². The van der Waals surface area contributed by atoms with Crippen molar-refractivity contribution in [3.63, 3.8) is 0 Å². The van der Waals surface area contributed by atoms with Gasteiger partial charge in [0.25, 0.3) is 5.91 Å². The van der Waals surface area contributed by atoms with Crippen LogP contribution in [0.4, 0.5) is 0 Å². The van der Waals surface area contributed by atoms with Crippen LogP contribution in [0, 0.1) is 0 Å². The molecule has 2 aromatic rings. The lowest BCUT2D eigenvalue weighted by Gasteiger charge is -2.22. The van der Waals surface area contributed by atoms with E-state index in [0.717, 1.165) is 12.2 Å². The predicted octanol–water partition coefficient (Wildman–Crippen LogP) is 2.60. The minimum Gasteiger partial charge on any atom is -0.493 e. The number of amides is 2. The number of para-hydroxylation sites is 3. The Morgan fingerprint density at radius 3 is 2.13 bits per heavy atom. The third-order valence-electron chi connectivity index (χ3n) is 4.95. The summed E-state index contributed by atoms with van der Waals surface area (Å²) >= 11 is 0. The Balaban J connectivity index is 1.42. The molecule has 0 atom stereocenters. The molecule has 160 valence electrons. The first-order valence-electron chi connectivity index (χ1n) is 10.2. The summed E-state index contributed by atoms with van der Waals surface area (Å²) in [6.45, 7) is 2.55. The van der Waals surface area contributed by atoms with Crippen LogP contribution < -0.4 is 14.2 Å². The van der Waals surface area contributed by atoms with Crippen molar-refractivity contribution in [1.29, 1.82) is 0 Å². The monoisotopic (exact) mass is 412 g/mol. The highest BCUT2D eigenvalue weighted by Gasteiger charge is 2.22. The van der Waals surface area contributed by atoms with Gasteiger partial charge in [-0.2, -0.15) is 0 Å². The fourth-order valence-electron chi connectivity index (χ4n) is 3.32. The number of hydrogen-bond acceptors (Lipinski definition) is 5. The van der Waals surface area contributed by atoms with Crippen LogP contribution in [0.15, 0.2) is 54.6 Å². The SMILES string of the molecule is COc1ccccc1OCC(=O)N1CCCN(C(=O)CCOc2ccccc2)CC1. The van der Waals surface area contributed by atoms with Crippen molar-refractivity contribution in [1.82, 2.24) is 9.80 Å². The van der Waals surface area contributed by atoms with E-state index in [4.69, 9.17) is 14.2 Å². The second-order valence-corrected chi connectivity index (χ2v) is 6.97. The molecule has 0 aliphatic carbocycles. The highest BCUT2D eigenvalue weighted by atomic mass is 16.5. The van der Waals surface area contributed by atoms with Gasteiger partial charge in [-0.3, -0.25) is 9.59 Å². The lowest BCUT2D eigenvalue weighted by atomic mass is 10.3. The summed E-state index contributed by atoms with van der Waals surface area (Å²) in [5.74, 6) is 1.84. The Morgan fingerprint density at radius 2 is 1.43 bits per heavy atom. The van der Waals surface area contributed by atoms with Gasteiger partial charge in [0.1, 0.15) is 5.75 Å². The number of benzene rings is 2. The number of methoxy groups -OCH3 is 1. The van der Waals surface area contributed by atoms with Crippen LogP contribution in [-0.4, -0.2) is 68.1 Å². The summed E-state index contributed by atoms with van der Waals surface area (Å²) in [6.07, 6.45) is 1.06. The predicted molar refractivity (Wildman–Crippen MR) is 113 cm³/mol. The maximum atomic E-state index is 12.6. The zero-order valence-electron chi connectivity index (χ0n) is 17.3. The van der Waals surface area contributed by atoms with Gasteiger partial charge in [0, 0.05) is 26.2 Å². The van der Waals surface area contributed by atoms with Crippen molar-refractivity contribution < 1.29 is 23.8 Å². The standard InChI is InChI=1S/C23H28N2O5/c1-28-20-10-5-6-11-21(20)30-18-23(27)25-14-7-13-24(15-16-25)22(26)12-17-29-19-8-3-2-4-9-19/h2-6,8-11H,7,12-18H2,1H3. The lowest BCUT2D eigenvalue weighted by Crippen LogP contribution is -2.39. The first-order valence-corrected chi connectivity index (χ1v) is 10.2. The summed E-state index contributed by atoms with van der Waals surface area (Å²) in [6, 6.07) is 16.7. The molecule has 1 aliphatic rings. The Bertz CT molecular complexity index is 827. The van der Waals surface area contributed by atoms with Crippen LogP contribution in [0.1, 0.15) is 12.8 Å². The lowest BCUT2D eigenvalue weighted by molar-refractivity contribution is -0.135. The average molecular weight is 412 g/mol. The third kappa shape index (κ3) is 6.14. The fraction of sp³-hybridized carbons (Fsp3) is 0.391. The zero-order valence-corrected chi connectivity index (χ0v) is 17.3. The molecule has 2 aromatic carbocycles. The Hall–Kier alpha value is -3.22. The fourth-order valence-corrected chi connectivity index (χ4v) is 3.32. The third-order valence-corrected chi connectivity index (χ3v) is 4.95. The van der Waals surface area contributed by atoms with Crippen LogP contribution in [0.5, 0.6) is 17.2 Å². The van der Waals surface area contributed by atoms with E-state index in [-0.39, 0.29) is 18.4 Å². The van der Waals surface area contributed by atoms with E-state index in [9.17, 15) is 9.59 Å². The molecule has 0 aromatic heterocycles.